The zero-order valence-electron chi connectivity index (χ0n) is 10.6. The van der Waals surface area contributed by atoms with Gasteiger partial charge in [-0.25, -0.2) is 0 Å². The van der Waals surface area contributed by atoms with E-state index in [2.05, 4.69) is 10.3 Å². The Hall–Kier alpha value is -1.95. The molecule has 0 aliphatic carbocycles. The van der Waals surface area contributed by atoms with E-state index in [4.69, 9.17) is 9.26 Å². The Morgan fingerprint density at radius 1 is 1.50 bits per heavy atom. The lowest BCUT2D eigenvalue weighted by molar-refractivity contribution is 0.112. The summed E-state index contributed by atoms with van der Waals surface area (Å²) in [5.41, 5.74) is 2.95. The number of carbonyl (C=O) groups excluding carboxylic acids is 1. The molecule has 0 bridgehead atoms. The second-order valence-electron chi connectivity index (χ2n) is 4.08. The van der Waals surface area contributed by atoms with Crippen molar-refractivity contribution in [2.24, 2.45) is 0 Å². The SMILES string of the molecule is COCc1cc(Cn2nc(C)c(C=O)c2C)no1. The Kier molecular flexibility index (Phi) is 3.57. The first kappa shape index (κ1) is 12.5. The fourth-order valence-corrected chi connectivity index (χ4v) is 1.83. The lowest BCUT2D eigenvalue weighted by Crippen LogP contribution is -2.04. The summed E-state index contributed by atoms with van der Waals surface area (Å²) in [5, 5.41) is 8.24. The highest BCUT2D eigenvalue weighted by Crippen LogP contribution is 2.13. The predicted molar refractivity (Wildman–Crippen MR) is 63.4 cm³/mol. The highest BCUT2D eigenvalue weighted by atomic mass is 16.5. The van der Waals surface area contributed by atoms with E-state index in [-0.39, 0.29) is 0 Å². The van der Waals surface area contributed by atoms with Crippen molar-refractivity contribution in [3.05, 3.63) is 34.5 Å². The number of carbonyl (C=O) groups is 1. The summed E-state index contributed by atoms with van der Waals surface area (Å²) in [7, 11) is 1.60. The molecule has 0 saturated heterocycles. The van der Waals surface area contributed by atoms with Gasteiger partial charge in [0.25, 0.3) is 0 Å². The fraction of sp³-hybridized carbons (Fsp3) is 0.417. The molecule has 0 N–H and O–H groups in total. The third-order valence-corrected chi connectivity index (χ3v) is 2.76. The van der Waals surface area contributed by atoms with Crippen molar-refractivity contribution in [2.75, 3.05) is 7.11 Å². The van der Waals surface area contributed by atoms with E-state index in [0.29, 0.717) is 24.5 Å². The van der Waals surface area contributed by atoms with Crippen LogP contribution >= 0.6 is 0 Å². The Morgan fingerprint density at radius 2 is 2.28 bits per heavy atom. The summed E-state index contributed by atoms with van der Waals surface area (Å²) in [6, 6.07) is 1.82. The van der Waals surface area contributed by atoms with Crippen LogP contribution in [-0.2, 0) is 17.9 Å². The molecule has 18 heavy (non-hydrogen) atoms. The van der Waals surface area contributed by atoms with Crippen LogP contribution in [0.1, 0.15) is 33.2 Å². The summed E-state index contributed by atoms with van der Waals surface area (Å²) in [5.74, 6) is 0.671. The number of aromatic nitrogens is 3. The van der Waals surface area contributed by atoms with Crippen molar-refractivity contribution in [3.8, 4) is 0 Å². The minimum Gasteiger partial charge on any atom is -0.377 e. The van der Waals surface area contributed by atoms with Crippen LogP contribution in [0.5, 0.6) is 0 Å². The molecule has 2 aromatic rings. The van der Waals surface area contributed by atoms with Crippen LogP contribution in [0.2, 0.25) is 0 Å². The molecule has 0 fully saturated rings. The van der Waals surface area contributed by atoms with Gasteiger partial charge in [0, 0.05) is 18.9 Å². The maximum Gasteiger partial charge on any atom is 0.162 e. The molecule has 0 saturated carbocycles. The van der Waals surface area contributed by atoms with Crippen LogP contribution in [0, 0.1) is 13.8 Å². The smallest absolute Gasteiger partial charge is 0.162 e. The minimum absolute atomic E-state index is 0.393. The maximum absolute atomic E-state index is 10.9. The Morgan fingerprint density at radius 3 is 2.89 bits per heavy atom. The number of ether oxygens (including phenoxy) is 1. The van der Waals surface area contributed by atoms with Crippen LogP contribution in [0.3, 0.4) is 0 Å². The molecule has 0 aliphatic rings. The zero-order valence-corrected chi connectivity index (χ0v) is 10.6. The Bertz CT molecular complexity index is 557. The van der Waals surface area contributed by atoms with Gasteiger partial charge >= 0.3 is 0 Å². The molecule has 0 atom stereocenters. The maximum atomic E-state index is 10.9. The Labute approximate surface area is 105 Å². The molecule has 0 unspecified atom stereocenters. The van der Waals surface area contributed by atoms with Crippen molar-refractivity contribution in [3.63, 3.8) is 0 Å². The summed E-state index contributed by atoms with van der Waals surface area (Å²) in [6.45, 7) is 4.55. The summed E-state index contributed by atoms with van der Waals surface area (Å²) >= 11 is 0. The minimum atomic E-state index is 0.393. The van der Waals surface area contributed by atoms with Gasteiger partial charge in [0.1, 0.15) is 12.3 Å². The van der Waals surface area contributed by atoms with E-state index in [0.717, 1.165) is 23.4 Å². The number of hydrogen-bond donors (Lipinski definition) is 0. The van der Waals surface area contributed by atoms with Gasteiger partial charge in [-0.2, -0.15) is 5.10 Å². The van der Waals surface area contributed by atoms with Gasteiger partial charge in [-0.15, -0.1) is 0 Å². The molecule has 2 heterocycles. The van der Waals surface area contributed by atoms with E-state index >= 15 is 0 Å². The average molecular weight is 249 g/mol. The number of aldehydes is 1. The van der Waals surface area contributed by atoms with Crippen LogP contribution < -0.4 is 0 Å². The van der Waals surface area contributed by atoms with Gasteiger partial charge in [0.2, 0.25) is 0 Å². The van der Waals surface area contributed by atoms with Crippen LogP contribution in [0.15, 0.2) is 10.6 Å². The quantitative estimate of drug-likeness (QED) is 0.751. The van der Waals surface area contributed by atoms with Gasteiger partial charge in [0.15, 0.2) is 12.0 Å². The van der Waals surface area contributed by atoms with Crippen molar-refractivity contribution in [1.82, 2.24) is 14.9 Å². The molecule has 96 valence electrons. The largest absolute Gasteiger partial charge is 0.377 e. The number of hydrogen-bond acceptors (Lipinski definition) is 5. The molecule has 0 radical (unpaired) electrons. The van der Waals surface area contributed by atoms with Gasteiger partial charge in [0.05, 0.1) is 17.8 Å². The predicted octanol–water partition coefficient (Wildman–Crippen LogP) is 1.50. The molecule has 0 amide bonds. The molecule has 2 aromatic heterocycles. The van der Waals surface area contributed by atoms with Gasteiger partial charge in [-0.3, -0.25) is 9.48 Å². The molecule has 6 heteroatoms. The number of aryl methyl sites for hydroxylation is 1. The fourth-order valence-electron chi connectivity index (χ4n) is 1.83. The monoisotopic (exact) mass is 249 g/mol. The van der Waals surface area contributed by atoms with Gasteiger partial charge < -0.3 is 9.26 Å². The molecule has 0 spiro atoms. The van der Waals surface area contributed by atoms with Crippen molar-refractivity contribution in [2.45, 2.75) is 27.0 Å². The van der Waals surface area contributed by atoms with E-state index in [1.54, 1.807) is 11.8 Å². The van der Waals surface area contributed by atoms with E-state index in [1.165, 1.54) is 0 Å². The molecule has 0 aliphatic heterocycles. The lowest BCUT2D eigenvalue weighted by Gasteiger charge is -2.00. The number of nitrogens with zero attached hydrogens (tertiary/aromatic N) is 3. The Balaban J connectivity index is 2.20. The van der Waals surface area contributed by atoms with E-state index < -0.39 is 0 Å². The molecule has 0 aromatic carbocycles. The van der Waals surface area contributed by atoms with E-state index in [9.17, 15) is 4.79 Å². The van der Waals surface area contributed by atoms with Crippen LogP contribution in [0.4, 0.5) is 0 Å². The first-order valence-corrected chi connectivity index (χ1v) is 5.58. The van der Waals surface area contributed by atoms with Crippen LogP contribution in [0.25, 0.3) is 0 Å². The standard InChI is InChI=1S/C12H15N3O3/c1-8-12(6-16)9(2)15(13-8)5-10-4-11(7-17-3)18-14-10/h4,6H,5,7H2,1-3H3. The third-order valence-electron chi connectivity index (χ3n) is 2.76. The summed E-state index contributed by atoms with van der Waals surface area (Å²) < 4.78 is 11.8. The average Bonchev–Trinajstić information content (AvgIpc) is 2.87. The second-order valence-corrected chi connectivity index (χ2v) is 4.08. The van der Waals surface area contributed by atoms with Gasteiger partial charge in [-0.1, -0.05) is 5.16 Å². The molecular weight excluding hydrogens is 234 g/mol. The van der Waals surface area contributed by atoms with Crippen molar-refractivity contribution < 1.29 is 14.1 Å². The molecule has 2 rings (SSSR count). The topological polar surface area (TPSA) is 70.2 Å². The highest BCUT2D eigenvalue weighted by molar-refractivity contribution is 5.78. The van der Waals surface area contributed by atoms with Crippen molar-refractivity contribution in [1.29, 1.82) is 0 Å². The van der Waals surface area contributed by atoms with E-state index in [1.807, 2.05) is 19.9 Å². The zero-order chi connectivity index (χ0) is 13.1. The highest BCUT2D eigenvalue weighted by Gasteiger charge is 2.12. The first-order chi connectivity index (χ1) is 8.65. The first-order valence-electron chi connectivity index (χ1n) is 5.58. The van der Waals surface area contributed by atoms with Crippen LogP contribution in [-0.4, -0.2) is 28.3 Å². The molecule has 6 nitrogen and oxygen atoms in total. The second kappa shape index (κ2) is 5.14. The van der Waals surface area contributed by atoms with Gasteiger partial charge in [-0.05, 0) is 13.8 Å². The number of rotatable bonds is 5. The summed E-state index contributed by atoms with van der Waals surface area (Å²) in [4.78, 5) is 10.9. The third kappa shape index (κ3) is 2.33. The molecular formula is C12H15N3O3. The van der Waals surface area contributed by atoms with Crippen molar-refractivity contribution >= 4 is 6.29 Å². The lowest BCUT2D eigenvalue weighted by atomic mass is 10.2. The normalized spacial score (nSPS) is 10.8. The number of methoxy groups -OCH3 is 1. The summed E-state index contributed by atoms with van der Waals surface area (Å²) in [6.07, 6.45) is 0.827.